The van der Waals surface area contributed by atoms with Crippen LogP contribution in [-0.2, 0) is 9.68 Å². The molecule has 4 aliphatic carbocycles. The smallest absolute Gasteiger partial charge is 0.114 e. The largest absolute Gasteiger partial charge is 0.396 e. The maximum absolute atomic E-state index is 11.6. The minimum absolute atomic E-state index is 0.0729. The Kier molecular flexibility index (Phi) is 6.56. The second-order valence-electron chi connectivity index (χ2n) is 10.6. The van der Waals surface area contributed by atoms with E-state index in [0.29, 0.717) is 31.0 Å². The predicted octanol–water partition coefficient (Wildman–Crippen LogP) is 4.34. The third kappa shape index (κ3) is 3.63. The quantitative estimate of drug-likeness (QED) is 0.472. The molecule has 4 aliphatic rings. The number of hydrogen-bond acceptors (Lipinski definition) is 6. The summed E-state index contributed by atoms with van der Waals surface area (Å²) in [6.07, 6.45) is 10.0. The average Bonchev–Trinajstić information content (AvgIpc) is 3.09. The van der Waals surface area contributed by atoms with Gasteiger partial charge in [0.1, 0.15) is 18.9 Å². The first kappa shape index (κ1) is 23.5. The molecule has 0 aromatic carbocycles. The van der Waals surface area contributed by atoms with Crippen molar-refractivity contribution in [1.82, 2.24) is 0 Å². The van der Waals surface area contributed by atoms with Crippen LogP contribution in [-0.4, -0.2) is 47.6 Å². The highest BCUT2D eigenvalue weighted by Crippen LogP contribution is 2.67. The summed E-state index contributed by atoms with van der Waals surface area (Å²) in [5.41, 5.74) is 2.72. The minimum atomic E-state index is -0.398. The SMILES string of the molecule is CCO/N=C(\CO)C1CCC2C3C[C@H](C)C4=C/C(=N/OCC)C=CC4(C)[C@H]3C(O)CC12C. The summed E-state index contributed by atoms with van der Waals surface area (Å²) >= 11 is 0. The van der Waals surface area contributed by atoms with Gasteiger partial charge in [0.25, 0.3) is 0 Å². The summed E-state index contributed by atoms with van der Waals surface area (Å²) in [6, 6.07) is 0. The number of allylic oxidation sites excluding steroid dienone is 4. The number of oxime groups is 2. The van der Waals surface area contributed by atoms with Crippen LogP contribution >= 0.6 is 0 Å². The van der Waals surface area contributed by atoms with Gasteiger partial charge in [-0.2, -0.15) is 0 Å². The van der Waals surface area contributed by atoms with Gasteiger partial charge in [0.2, 0.25) is 0 Å². The van der Waals surface area contributed by atoms with Crippen molar-refractivity contribution in [3.05, 3.63) is 23.8 Å². The van der Waals surface area contributed by atoms with Gasteiger partial charge in [0.15, 0.2) is 0 Å². The van der Waals surface area contributed by atoms with E-state index in [1.807, 2.05) is 13.8 Å². The van der Waals surface area contributed by atoms with Crippen LogP contribution in [0.1, 0.15) is 60.3 Å². The molecule has 0 radical (unpaired) electrons. The van der Waals surface area contributed by atoms with Crippen LogP contribution in [0.4, 0.5) is 0 Å². The van der Waals surface area contributed by atoms with Crippen LogP contribution in [0.25, 0.3) is 0 Å². The Morgan fingerprint density at radius 3 is 2.62 bits per heavy atom. The van der Waals surface area contributed by atoms with Gasteiger partial charge in [0.05, 0.1) is 18.4 Å². The van der Waals surface area contributed by atoms with Gasteiger partial charge < -0.3 is 19.9 Å². The molecule has 0 amide bonds. The first-order chi connectivity index (χ1) is 15.3. The molecular weight excluding hydrogens is 404 g/mol. The third-order valence-corrected chi connectivity index (χ3v) is 9.00. The van der Waals surface area contributed by atoms with E-state index in [-0.39, 0.29) is 29.3 Å². The standard InChI is InChI=1S/C26H40N2O4/c1-6-31-27-17-10-11-25(4)21(13-17)16(3)12-18-19-8-9-20(22(15-29)28-32-7-2)26(19,5)14-23(30)24(18)25/h10-11,13,16,18-20,23-24,29-30H,6-9,12,14-15H2,1-5H3/b27-17+,28-22+/t16-,18?,19?,20?,23?,24+,25?,26?/m0/s1. The van der Waals surface area contributed by atoms with Gasteiger partial charge in [-0.3, -0.25) is 0 Å². The lowest BCUT2D eigenvalue weighted by Crippen LogP contribution is -2.57. The lowest BCUT2D eigenvalue weighted by Gasteiger charge is -2.60. The molecule has 32 heavy (non-hydrogen) atoms. The zero-order valence-electron chi connectivity index (χ0n) is 20.3. The van der Waals surface area contributed by atoms with Crippen molar-refractivity contribution in [3.8, 4) is 0 Å². The normalized spacial score (nSPS) is 44.5. The van der Waals surface area contributed by atoms with Crippen LogP contribution in [0.15, 0.2) is 34.1 Å². The molecule has 4 rings (SSSR count). The summed E-state index contributed by atoms with van der Waals surface area (Å²) in [5.74, 6) is 1.71. The highest BCUT2D eigenvalue weighted by atomic mass is 16.6. The molecular formula is C26H40N2O4. The molecule has 0 saturated heterocycles. The highest BCUT2D eigenvalue weighted by Gasteiger charge is 2.63. The number of aliphatic hydroxyl groups excluding tert-OH is 2. The molecule has 0 aromatic heterocycles. The molecule has 0 heterocycles. The predicted molar refractivity (Wildman–Crippen MR) is 126 cm³/mol. The number of hydrogen-bond donors (Lipinski definition) is 2. The van der Waals surface area contributed by atoms with Gasteiger partial charge in [-0.15, -0.1) is 0 Å². The molecule has 2 N–H and O–H groups in total. The van der Waals surface area contributed by atoms with E-state index in [4.69, 9.17) is 9.68 Å². The molecule has 6 nitrogen and oxygen atoms in total. The summed E-state index contributed by atoms with van der Waals surface area (Å²) in [5, 5.41) is 30.2. The first-order valence-electron chi connectivity index (χ1n) is 12.4. The van der Waals surface area contributed by atoms with Crippen LogP contribution in [0.3, 0.4) is 0 Å². The van der Waals surface area contributed by atoms with Crippen LogP contribution in [0, 0.1) is 40.4 Å². The van der Waals surface area contributed by atoms with E-state index < -0.39 is 6.10 Å². The Labute approximate surface area is 192 Å². The fourth-order valence-electron chi connectivity index (χ4n) is 7.85. The maximum atomic E-state index is 11.6. The van der Waals surface area contributed by atoms with Gasteiger partial charge in [-0.05, 0) is 74.9 Å². The zero-order chi connectivity index (χ0) is 23.1. The molecule has 8 atom stereocenters. The molecule has 6 heteroatoms. The van der Waals surface area contributed by atoms with E-state index in [2.05, 4.69) is 49.3 Å². The molecule has 0 aromatic rings. The Morgan fingerprint density at radius 1 is 1.19 bits per heavy atom. The van der Waals surface area contributed by atoms with Crippen molar-refractivity contribution in [2.45, 2.75) is 66.4 Å². The fourth-order valence-corrected chi connectivity index (χ4v) is 7.85. The van der Waals surface area contributed by atoms with E-state index in [1.54, 1.807) is 0 Å². The van der Waals surface area contributed by atoms with Crippen LogP contribution in [0.2, 0.25) is 0 Å². The average molecular weight is 445 g/mol. The van der Waals surface area contributed by atoms with Crippen LogP contribution in [0.5, 0.6) is 0 Å². The Balaban J connectivity index is 1.67. The maximum Gasteiger partial charge on any atom is 0.114 e. The molecule has 3 saturated carbocycles. The Morgan fingerprint density at radius 2 is 1.94 bits per heavy atom. The highest BCUT2D eigenvalue weighted by molar-refractivity contribution is 6.05. The van der Waals surface area contributed by atoms with E-state index >= 15 is 0 Å². The van der Waals surface area contributed by atoms with Crippen LogP contribution < -0.4 is 0 Å². The molecule has 178 valence electrons. The summed E-state index contributed by atoms with van der Waals surface area (Å²) in [7, 11) is 0. The van der Waals surface area contributed by atoms with Crippen molar-refractivity contribution in [1.29, 1.82) is 0 Å². The van der Waals surface area contributed by atoms with Gasteiger partial charge in [-0.25, -0.2) is 0 Å². The number of fused-ring (bicyclic) bond motifs is 5. The van der Waals surface area contributed by atoms with Crippen molar-refractivity contribution >= 4 is 11.4 Å². The van der Waals surface area contributed by atoms with Crippen molar-refractivity contribution in [3.63, 3.8) is 0 Å². The molecule has 0 bridgehead atoms. The zero-order valence-corrected chi connectivity index (χ0v) is 20.3. The molecule has 0 spiro atoms. The van der Waals surface area contributed by atoms with Crippen molar-refractivity contribution < 1.29 is 19.9 Å². The molecule has 6 unspecified atom stereocenters. The monoisotopic (exact) mass is 444 g/mol. The summed E-state index contributed by atoms with van der Waals surface area (Å²) in [6.45, 7) is 11.7. The Bertz CT molecular complexity index is 834. The summed E-state index contributed by atoms with van der Waals surface area (Å²) in [4.78, 5) is 10.6. The van der Waals surface area contributed by atoms with E-state index in [0.717, 1.165) is 37.1 Å². The second kappa shape index (κ2) is 8.94. The number of aliphatic hydroxyl groups is 2. The van der Waals surface area contributed by atoms with E-state index in [1.165, 1.54) is 5.57 Å². The van der Waals surface area contributed by atoms with Gasteiger partial charge in [-0.1, -0.05) is 42.7 Å². The first-order valence-corrected chi connectivity index (χ1v) is 12.4. The lowest BCUT2D eigenvalue weighted by molar-refractivity contribution is -0.115. The summed E-state index contributed by atoms with van der Waals surface area (Å²) < 4.78 is 0. The minimum Gasteiger partial charge on any atom is -0.396 e. The van der Waals surface area contributed by atoms with Crippen molar-refractivity contribution in [2.75, 3.05) is 19.8 Å². The topological polar surface area (TPSA) is 83.6 Å². The fraction of sp³-hybridized carbons (Fsp3) is 0.769. The number of rotatable bonds is 6. The van der Waals surface area contributed by atoms with Gasteiger partial charge in [0, 0.05) is 17.3 Å². The molecule has 3 fully saturated rings. The van der Waals surface area contributed by atoms with Crippen molar-refractivity contribution in [2.24, 2.45) is 50.7 Å². The van der Waals surface area contributed by atoms with Gasteiger partial charge >= 0.3 is 0 Å². The lowest BCUT2D eigenvalue weighted by atomic mass is 9.45. The Hall–Kier alpha value is -1.66. The molecule has 0 aliphatic heterocycles. The second-order valence-corrected chi connectivity index (χ2v) is 10.6. The number of nitrogens with zero attached hydrogens (tertiary/aromatic N) is 2. The van der Waals surface area contributed by atoms with E-state index in [9.17, 15) is 10.2 Å². The third-order valence-electron chi connectivity index (χ3n) is 9.00.